The van der Waals surface area contributed by atoms with Gasteiger partial charge in [0.25, 0.3) is 0 Å². The maximum atomic E-state index is 6.34. The first kappa shape index (κ1) is 86.6. The summed E-state index contributed by atoms with van der Waals surface area (Å²) in [5, 5.41) is 13.0. The van der Waals surface area contributed by atoms with Crippen LogP contribution in [-0.4, -0.2) is 9.97 Å². The van der Waals surface area contributed by atoms with Crippen LogP contribution in [0.15, 0.2) is 523 Å². The topological polar surface area (TPSA) is 74.9 Å². The molecular formula is C137H93N5O3S. The number of thiophene rings is 1. The van der Waals surface area contributed by atoms with Gasteiger partial charge in [-0.15, -0.1) is 11.3 Å². The molecule has 2 aliphatic rings. The van der Waals surface area contributed by atoms with E-state index in [1.807, 2.05) is 48.7 Å². The lowest BCUT2D eigenvalue weighted by Gasteiger charge is -2.32. The molecule has 5 aromatic heterocycles. The van der Waals surface area contributed by atoms with Gasteiger partial charge in [-0.05, 0) is 273 Å². The fraction of sp³-hybridized carbons (Fsp3) is 0.0365. The Morgan fingerprint density at radius 1 is 0.226 bits per heavy atom. The van der Waals surface area contributed by atoms with Crippen LogP contribution in [0.4, 0.5) is 51.4 Å². The smallest absolute Gasteiger partial charge is 0.235 e. The third-order valence-electron chi connectivity index (χ3n) is 29.5. The number of aromatic nitrogens is 2. The number of furan rings is 3. The number of hydrogen-bond acceptors (Lipinski definition) is 9. The van der Waals surface area contributed by atoms with Crippen molar-refractivity contribution < 1.29 is 13.3 Å². The molecule has 5 heterocycles. The predicted octanol–water partition coefficient (Wildman–Crippen LogP) is 38.6. The molecule has 0 saturated heterocycles. The van der Waals surface area contributed by atoms with Crippen LogP contribution in [0.2, 0.25) is 0 Å². The van der Waals surface area contributed by atoms with E-state index in [1.165, 1.54) is 104 Å². The number of anilines is 9. The minimum atomic E-state index is -0.419. The molecule has 0 atom stereocenters. The molecule has 146 heavy (non-hydrogen) atoms. The molecule has 1 spiro atoms. The molecule has 22 aromatic carbocycles. The Morgan fingerprint density at radius 3 is 1.12 bits per heavy atom. The number of rotatable bonds is 14. The van der Waals surface area contributed by atoms with Crippen LogP contribution < -0.4 is 14.7 Å². The molecule has 0 fully saturated rings. The fourth-order valence-electron chi connectivity index (χ4n) is 22.4. The Labute approximate surface area is 849 Å². The fourth-order valence-corrected chi connectivity index (χ4v) is 23.4. The van der Waals surface area contributed by atoms with Crippen LogP contribution in [0.25, 0.3) is 186 Å². The molecule has 0 unspecified atom stereocenters. The van der Waals surface area contributed by atoms with Crippen molar-refractivity contribution in [3.8, 4) is 77.9 Å². The summed E-state index contributed by atoms with van der Waals surface area (Å²) in [4.78, 5) is 16.9. The van der Waals surface area contributed by atoms with Crippen molar-refractivity contribution in [2.75, 3.05) is 14.7 Å². The highest BCUT2D eigenvalue weighted by Crippen LogP contribution is 2.64. The van der Waals surface area contributed by atoms with Crippen LogP contribution >= 0.6 is 11.3 Å². The van der Waals surface area contributed by atoms with Gasteiger partial charge in [0, 0.05) is 93.5 Å². The molecule has 0 radical (unpaired) electrons. The SMILES string of the molecule is CC(C)(C)c1ccc(N(c2ccc(-c3ccc4oc5ccccc5c4c3)cc2)c2ccc3c(ccc4ccccc43)c2)cc1.c1ccc(-c2ccc(N(c3ccc(-c4ccc5oc6ccccc6c5c4)cc3)c3ccc4c(c3)C3(c5ccccc5-c5ccccc53)c3ccccc3-4)cc2)cc1.c1ccc(-c2ccc(N(c3ccc(-c4cccc5c4oc4ccccc45)cc3)c3ncc4sc5ccccc5c4n3)cc2)cc1. The van der Waals surface area contributed by atoms with Gasteiger partial charge in [-0.25, -0.2) is 9.97 Å². The van der Waals surface area contributed by atoms with Crippen LogP contribution in [-0.2, 0) is 10.8 Å². The summed E-state index contributed by atoms with van der Waals surface area (Å²) in [6.07, 6.45) is 1.95. The van der Waals surface area contributed by atoms with Crippen molar-refractivity contribution in [2.45, 2.75) is 31.6 Å². The normalized spacial score (nSPS) is 12.3. The largest absolute Gasteiger partial charge is 0.456 e. The molecule has 29 rings (SSSR count). The lowest BCUT2D eigenvalue weighted by Crippen LogP contribution is -2.26. The Balaban J connectivity index is 0.000000110. The van der Waals surface area contributed by atoms with Gasteiger partial charge in [-0.1, -0.05) is 379 Å². The first-order valence-electron chi connectivity index (χ1n) is 49.8. The zero-order chi connectivity index (χ0) is 97.1. The van der Waals surface area contributed by atoms with Crippen LogP contribution in [0, 0.1) is 0 Å². The monoisotopic (exact) mass is 1890 g/mol. The van der Waals surface area contributed by atoms with E-state index in [0.717, 1.165) is 155 Å². The van der Waals surface area contributed by atoms with Crippen LogP contribution in [0.3, 0.4) is 0 Å². The van der Waals surface area contributed by atoms with Gasteiger partial charge in [0.1, 0.15) is 33.5 Å². The highest BCUT2D eigenvalue weighted by Gasteiger charge is 2.52. The molecule has 9 heteroatoms. The highest BCUT2D eigenvalue weighted by molar-refractivity contribution is 7.25. The Kier molecular flexibility index (Phi) is 21.1. The van der Waals surface area contributed by atoms with E-state index < -0.39 is 5.41 Å². The minimum absolute atomic E-state index is 0.0937. The van der Waals surface area contributed by atoms with Crippen molar-refractivity contribution >= 4 is 170 Å². The molecule has 690 valence electrons. The van der Waals surface area contributed by atoms with Gasteiger partial charge < -0.3 is 23.1 Å². The quantitative estimate of drug-likeness (QED) is 0.0997. The lowest BCUT2D eigenvalue weighted by atomic mass is 9.70. The van der Waals surface area contributed by atoms with Gasteiger partial charge in [0.15, 0.2) is 0 Å². The van der Waals surface area contributed by atoms with Gasteiger partial charge in [-0.3, -0.25) is 4.90 Å². The zero-order valence-electron chi connectivity index (χ0n) is 80.4. The molecular weight excluding hydrogens is 1800 g/mol. The number of benzene rings is 22. The zero-order valence-corrected chi connectivity index (χ0v) is 81.2. The Bertz CT molecular complexity index is 9660. The molecule has 2 aliphatic carbocycles. The number of para-hydroxylation sites is 4. The first-order chi connectivity index (χ1) is 72.0. The van der Waals surface area contributed by atoms with E-state index in [9.17, 15) is 0 Å². The summed E-state index contributed by atoms with van der Waals surface area (Å²) in [6, 6.07) is 181. The van der Waals surface area contributed by atoms with Crippen molar-refractivity contribution in [1.29, 1.82) is 0 Å². The summed E-state index contributed by atoms with van der Waals surface area (Å²) in [6.45, 7) is 6.78. The van der Waals surface area contributed by atoms with E-state index in [1.54, 1.807) is 11.3 Å². The molecule has 0 saturated carbocycles. The average Bonchev–Trinajstić information content (AvgIpc) is 1.50. The summed E-state index contributed by atoms with van der Waals surface area (Å²) in [5.41, 5.74) is 38.2. The van der Waals surface area contributed by atoms with Gasteiger partial charge >= 0.3 is 0 Å². The Morgan fingerprint density at radius 2 is 0.589 bits per heavy atom. The molecule has 0 aliphatic heterocycles. The minimum Gasteiger partial charge on any atom is -0.456 e. The summed E-state index contributed by atoms with van der Waals surface area (Å²) >= 11 is 1.72. The van der Waals surface area contributed by atoms with Crippen LogP contribution in [0.1, 0.15) is 48.6 Å². The molecule has 8 nitrogen and oxygen atoms in total. The second-order valence-electron chi connectivity index (χ2n) is 39.0. The second-order valence-corrected chi connectivity index (χ2v) is 40.0. The maximum absolute atomic E-state index is 6.34. The number of fused-ring (bicyclic) bond motifs is 25. The molecule has 0 bridgehead atoms. The van der Waals surface area contributed by atoms with Gasteiger partial charge in [-0.2, -0.15) is 0 Å². The molecule has 0 amide bonds. The third-order valence-corrected chi connectivity index (χ3v) is 30.6. The standard InChI is InChI=1S/C55H35NO.C42H33NO.C40H25N3OS/c1-2-12-36(13-3-1)37-22-27-40(28-23-37)56(41-29-24-38(25-30-41)39-26-33-54-48(34-39)47-17-7-11-21-53(47)57-54)42-31-32-46-45-16-6-10-20-51(45)55(52(46)35-42)49-18-8-4-14-43(49)44-15-5-9-19-50(44)55;1-42(2,3)32-17-21-34(22-18-32)43(35-23-24-37-31(26-35)13-12-29-8-4-5-9-36(29)37)33-19-14-28(15-20-33)30-16-25-41-39(27-30)38-10-6-7-11-40(38)44-41;1-2-9-26(10-3-1)27-17-21-29(22-18-27)43(40-41-25-37-38(42-40)34-12-5-7-16-36(34)45-37)30-23-19-28(20-24-30)31-13-8-14-33-32-11-4-6-15-35(32)44-39(31)33/h1-35H;4-27H,1-3H3;1-25H. The van der Waals surface area contributed by atoms with E-state index in [0.29, 0.717) is 5.95 Å². The van der Waals surface area contributed by atoms with Crippen molar-refractivity contribution in [1.82, 2.24) is 9.97 Å². The summed E-state index contributed by atoms with van der Waals surface area (Å²) in [7, 11) is 0. The molecule has 27 aromatic rings. The van der Waals surface area contributed by atoms with Crippen molar-refractivity contribution in [2.24, 2.45) is 0 Å². The first-order valence-corrected chi connectivity index (χ1v) is 50.7. The third kappa shape index (κ3) is 15.0. The summed E-state index contributed by atoms with van der Waals surface area (Å²) in [5.74, 6) is 0.630. The summed E-state index contributed by atoms with van der Waals surface area (Å²) < 4.78 is 20.8. The van der Waals surface area contributed by atoms with Crippen molar-refractivity contribution in [3.63, 3.8) is 0 Å². The van der Waals surface area contributed by atoms with E-state index in [4.69, 9.17) is 23.2 Å². The van der Waals surface area contributed by atoms with Gasteiger partial charge in [0.05, 0.1) is 21.8 Å². The van der Waals surface area contributed by atoms with E-state index in [2.05, 4.69) is 497 Å². The number of nitrogens with zero attached hydrogens (tertiary/aromatic N) is 5. The van der Waals surface area contributed by atoms with Crippen molar-refractivity contribution in [3.05, 3.63) is 538 Å². The van der Waals surface area contributed by atoms with E-state index >= 15 is 0 Å². The Hall–Kier alpha value is -18.5. The number of hydrogen-bond donors (Lipinski definition) is 0. The predicted molar refractivity (Wildman–Crippen MR) is 611 cm³/mol. The average molecular weight is 1890 g/mol. The van der Waals surface area contributed by atoms with E-state index in [-0.39, 0.29) is 5.41 Å². The molecule has 0 N–H and O–H groups in total. The lowest BCUT2D eigenvalue weighted by molar-refractivity contribution is 0.590. The highest BCUT2D eigenvalue weighted by atomic mass is 32.1. The van der Waals surface area contributed by atoms with Gasteiger partial charge in [0.2, 0.25) is 5.95 Å². The second kappa shape index (κ2) is 35.6. The van der Waals surface area contributed by atoms with Crippen LogP contribution in [0.5, 0.6) is 0 Å². The maximum Gasteiger partial charge on any atom is 0.235 e.